The number of benzene rings is 1. The number of halogens is 2. The fourth-order valence-corrected chi connectivity index (χ4v) is 3.04. The van der Waals surface area contributed by atoms with Crippen molar-refractivity contribution in [2.45, 2.75) is 25.5 Å². The molecule has 20 heavy (non-hydrogen) atoms. The fourth-order valence-electron chi connectivity index (χ4n) is 1.87. The summed E-state index contributed by atoms with van der Waals surface area (Å²) in [6.07, 6.45) is -2.36. The first-order valence-electron chi connectivity index (χ1n) is 5.67. The molecule has 0 bridgehead atoms. The van der Waals surface area contributed by atoms with Crippen molar-refractivity contribution in [3.63, 3.8) is 0 Å². The molecule has 1 aliphatic heterocycles. The Morgan fingerprint density at radius 3 is 2.40 bits per heavy atom. The smallest absolute Gasteiger partial charge is 0.337 e. The largest absolute Gasteiger partial charge is 0.341 e. The fraction of sp³-hybridized carbons (Fsp3) is 0.455. The van der Waals surface area contributed by atoms with Gasteiger partial charge in [0.05, 0.1) is 7.11 Å². The van der Waals surface area contributed by atoms with Crippen LogP contribution in [0.2, 0.25) is 10.0 Å². The van der Waals surface area contributed by atoms with Crippen LogP contribution in [0.3, 0.4) is 0 Å². The van der Waals surface area contributed by atoms with E-state index in [4.69, 9.17) is 32.7 Å². The van der Waals surface area contributed by atoms with Crippen LogP contribution in [-0.2, 0) is 24.0 Å². The van der Waals surface area contributed by atoms with Crippen LogP contribution in [0.1, 0.15) is 18.6 Å². The lowest BCUT2D eigenvalue weighted by atomic mass is 10.1. The number of ether oxygens (including phenoxy) is 2. The second-order valence-corrected chi connectivity index (χ2v) is 6.35. The van der Waals surface area contributed by atoms with Gasteiger partial charge in [0, 0.05) is 15.6 Å². The highest BCUT2D eigenvalue weighted by Crippen LogP contribution is 2.39. The van der Waals surface area contributed by atoms with Gasteiger partial charge in [-0.15, -0.1) is 0 Å². The maximum Gasteiger partial charge on any atom is 0.337 e. The topological polar surface area (TPSA) is 73.9 Å². The molecular weight excluding hydrogens is 329 g/mol. The first kappa shape index (κ1) is 16.0. The van der Waals surface area contributed by atoms with Crippen molar-refractivity contribution in [2.75, 3.05) is 7.11 Å². The molecular formula is C11H13Cl2NO5S. The van der Waals surface area contributed by atoms with Crippen LogP contribution in [0.25, 0.3) is 0 Å². The van der Waals surface area contributed by atoms with E-state index in [2.05, 4.69) is 8.91 Å². The van der Waals surface area contributed by atoms with E-state index < -0.39 is 28.9 Å². The van der Waals surface area contributed by atoms with Gasteiger partial charge in [0.1, 0.15) is 6.10 Å². The minimum absolute atomic E-state index is 0.363. The summed E-state index contributed by atoms with van der Waals surface area (Å²) in [4.78, 5) is 0. The Balaban J connectivity index is 2.34. The van der Waals surface area contributed by atoms with Crippen molar-refractivity contribution in [1.29, 1.82) is 0 Å². The normalized spacial score (nSPS) is 26.9. The number of hydrogen-bond acceptors (Lipinski definition) is 5. The number of rotatable bonds is 4. The van der Waals surface area contributed by atoms with Crippen LogP contribution in [0.15, 0.2) is 18.2 Å². The molecule has 0 amide bonds. The van der Waals surface area contributed by atoms with Gasteiger partial charge in [0.2, 0.25) is 0 Å². The Morgan fingerprint density at radius 1 is 1.25 bits per heavy atom. The van der Waals surface area contributed by atoms with E-state index in [-0.39, 0.29) is 0 Å². The Labute approximate surface area is 127 Å². The zero-order valence-electron chi connectivity index (χ0n) is 10.7. The van der Waals surface area contributed by atoms with Gasteiger partial charge in [0.25, 0.3) is 0 Å². The highest BCUT2D eigenvalue weighted by atomic mass is 35.5. The van der Waals surface area contributed by atoms with Crippen LogP contribution in [-0.4, -0.2) is 28.0 Å². The van der Waals surface area contributed by atoms with Gasteiger partial charge in [-0.1, -0.05) is 29.3 Å². The molecule has 112 valence electrons. The molecule has 0 aliphatic carbocycles. The maximum atomic E-state index is 11.5. The first-order valence-corrected chi connectivity index (χ1v) is 7.83. The highest BCUT2D eigenvalue weighted by Gasteiger charge is 2.39. The second kappa shape index (κ2) is 6.15. The van der Waals surface area contributed by atoms with E-state index in [9.17, 15) is 8.42 Å². The lowest BCUT2D eigenvalue weighted by molar-refractivity contribution is -0.0523. The first-order chi connectivity index (χ1) is 9.34. The number of nitrogens with one attached hydrogen (secondary N) is 1. The summed E-state index contributed by atoms with van der Waals surface area (Å²) in [6.45, 7) is 1.64. The van der Waals surface area contributed by atoms with Crippen LogP contribution in [0, 0.1) is 0 Å². The van der Waals surface area contributed by atoms with Crippen LogP contribution >= 0.6 is 23.2 Å². The maximum absolute atomic E-state index is 11.5. The summed E-state index contributed by atoms with van der Waals surface area (Å²) in [5.74, 6) is 0. The molecule has 0 radical (unpaired) electrons. The Morgan fingerprint density at radius 2 is 1.85 bits per heavy atom. The third-order valence-corrected chi connectivity index (χ3v) is 4.33. The summed E-state index contributed by atoms with van der Waals surface area (Å²) >= 11 is 12.2. The van der Waals surface area contributed by atoms with Crippen molar-refractivity contribution in [3.8, 4) is 0 Å². The van der Waals surface area contributed by atoms with Gasteiger partial charge in [-0.25, -0.2) is 0 Å². The SMILES string of the molecule is COS(=O)(=O)N[C@@H]1OC(C)O[C@@H]1c1c(Cl)cccc1Cl. The lowest BCUT2D eigenvalue weighted by Gasteiger charge is -2.19. The van der Waals surface area contributed by atoms with E-state index in [1.54, 1.807) is 25.1 Å². The molecule has 1 saturated heterocycles. The van der Waals surface area contributed by atoms with Crippen molar-refractivity contribution < 1.29 is 22.1 Å². The summed E-state index contributed by atoms with van der Waals surface area (Å²) in [7, 11) is -2.89. The molecule has 2 rings (SSSR count). The summed E-state index contributed by atoms with van der Waals surface area (Å²) in [5, 5.41) is 0.726. The van der Waals surface area contributed by atoms with Crippen LogP contribution in [0.5, 0.6) is 0 Å². The van der Waals surface area contributed by atoms with E-state index in [1.807, 2.05) is 0 Å². The predicted octanol–water partition coefficient (Wildman–Crippen LogP) is 2.23. The van der Waals surface area contributed by atoms with E-state index in [0.717, 1.165) is 7.11 Å². The Hall–Kier alpha value is -0.410. The zero-order chi connectivity index (χ0) is 14.9. The summed E-state index contributed by atoms with van der Waals surface area (Å²) in [6, 6.07) is 4.95. The minimum atomic E-state index is -3.93. The molecule has 3 atom stereocenters. The van der Waals surface area contributed by atoms with Crippen LogP contribution < -0.4 is 4.72 Å². The predicted molar refractivity (Wildman–Crippen MR) is 73.7 cm³/mol. The molecule has 1 unspecified atom stereocenters. The minimum Gasteiger partial charge on any atom is -0.341 e. The van der Waals surface area contributed by atoms with Crippen molar-refractivity contribution >= 4 is 33.5 Å². The van der Waals surface area contributed by atoms with Crippen LogP contribution in [0.4, 0.5) is 0 Å². The molecule has 0 aromatic heterocycles. The van der Waals surface area contributed by atoms with Gasteiger partial charge in [-0.05, 0) is 19.1 Å². The van der Waals surface area contributed by atoms with Crippen molar-refractivity contribution in [3.05, 3.63) is 33.8 Å². The van der Waals surface area contributed by atoms with Gasteiger partial charge in [0.15, 0.2) is 12.5 Å². The zero-order valence-corrected chi connectivity index (χ0v) is 13.0. The molecule has 9 heteroatoms. The summed E-state index contributed by atoms with van der Waals surface area (Å²) < 4.78 is 40.4. The molecule has 0 saturated carbocycles. The van der Waals surface area contributed by atoms with E-state index in [1.165, 1.54) is 0 Å². The average molecular weight is 342 g/mol. The van der Waals surface area contributed by atoms with E-state index in [0.29, 0.717) is 15.6 Å². The molecule has 1 aromatic rings. The Bertz CT molecular complexity index is 574. The van der Waals surface area contributed by atoms with Gasteiger partial charge in [-0.3, -0.25) is 4.18 Å². The quantitative estimate of drug-likeness (QED) is 0.908. The van der Waals surface area contributed by atoms with Gasteiger partial charge in [-0.2, -0.15) is 13.1 Å². The lowest BCUT2D eigenvalue weighted by Crippen LogP contribution is -2.38. The molecule has 6 nitrogen and oxygen atoms in total. The molecule has 1 aromatic carbocycles. The van der Waals surface area contributed by atoms with E-state index >= 15 is 0 Å². The molecule has 1 heterocycles. The highest BCUT2D eigenvalue weighted by molar-refractivity contribution is 7.84. The molecule has 1 aliphatic rings. The number of hydrogen-bond donors (Lipinski definition) is 1. The van der Waals surface area contributed by atoms with Crippen molar-refractivity contribution in [1.82, 2.24) is 4.72 Å². The Kier molecular flexibility index (Phi) is 4.91. The molecule has 0 spiro atoms. The molecule has 1 N–H and O–H groups in total. The standard InChI is InChI=1S/C11H13Cl2NO5S/c1-6-18-10(9-7(12)4-3-5-8(9)13)11(19-6)14-20(15,16)17-2/h3-6,10-11,14H,1-2H3/t6?,10-,11-/m1/s1. The third-order valence-electron chi connectivity index (χ3n) is 2.72. The van der Waals surface area contributed by atoms with Crippen molar-refractivity contribution in [2.24, 2.45) is 0 Å². The molecule has 1 fully saturated rings. The van der Waals surface area contributed by atoms with Gasteiger partial charge < -0.3 is 9.47 Å². The third kappa shape index (κ3) is 3.43. The summed E-state index contributed by atoms with van der Waals surface area (Å²) in [5.41, 5.74) is 0.462. The second-order valence-electron chi connectivity index (χ2n) is 4.05. The van der Waals surface area contributed by atoms with Gasteiger partial charge >= 0.3 is 10.3 Å². The monoisotopic (exact) mass is 341 g/mol. The average Bonchev–Trinajstić information content (AvgIpc) is 2.69.